The number of amides is 1. The van der Waals surface area contributed by atoms with Crippen molar-refractivity contribution in [1.82, 2.24) is 0 Å². The van der Waals surface area contributed by atoms with Crippen molar-refractivity contribution in [3.63, 3.8) is 0 Å². The van der Waals surface area contributed by atoms with Crippen molar-refractivity contribution in [1.29, 1.82) is 0 Å². The summed E-state index contributed by atoms with van der Waals surface area (Å²) in [6.45, 7) is 1.61. The molecule has 3 aromatic carbocycles. The summed E-state index contributed by atoms with van der Waals surface area (Å²) < 4.78 is 54.1. The Labute approximate surface area is 161 Å². The average molecular weight is 402 g/mol. The first-order valence-corrected chi connectivity index (χ1v) is 9.69. The number of sulfonamides is 1. The van der Waals surface area contributed by atoms with Crippen LogP contribution in [0, 0.1) is 18.6 Å². The summed E-state index contributed by atoms with van der Waals surface area (Å²) in [6, 6.07) is 14.8. The van der Waals surface area contributed by atoms with Crippen LogP contribution in [0.25, 0.3) is 0 Å². The molecule has 3 rings (SSSR count). The lowest BCUT2D eigenvalue weighted by atomic mass is 10.2. The van der Waals surface area contributed by atoms with Crippen molar-refractivity contribution in [2.24, 2.45) is 0 Å². The molecular formula is C20H16F2N2O3S. The van der Waals surface area contributed by atoms with Gasteiger partial charge in [-0.05, 0) is 61.0 Å². The maximum absolute atomic E-state index is 13.7. The Morgan fingerprint density at radius 1 is 0.893 bits per heavy atom. The van der Waals surface area contributed by atoms with E-state index in [1.54, 1.807) is 13.0 Å². The molecule has 0 spiro atoms. The Morgan fingerprint density at radius 2 is 1.57 bits per heavy atom. The van der Waals surface area contributed by atoms with E-state index in [1.165, 1.54) is 54.6 Å². The molecule has 0 aliphatic rings. The molecule has 0 bridgehead atoms. The normalized spacial score (nSPS) is 11.1. The average Bonchev–Trinajstić information content (AvgIpc) is 2.66. The highest BCUT2D eigenvalue weighted by atomic mass is 32.2. The van der Waals surface area contributed by atoms with Gasteiger partial charge in [0.2, 0.25) is 0 Å². The highest BCUT2D eigenvalue weighted by molar-refractivity contribution is 7.92. The van der Waals surface area contributed by atoms with Gasteiger partial charge in [0.25, 0.3) is 15.9 Å². The monoisotopic (exact) mass is 402 g/mol. The summed E-state index contributed by atoms with van der Waals surface area (Å²) in [7, 11) is -4.02. The van der Waals surface area contributed by atoms with Crippen LogP contribution in [0.4, 0.5) is 20.2 Å². The summed E-state index contributed by atoms with van der Waals surface area (Å²) in [5, 5.41) is 2.54. The first kappa shape index (κ1) is 19.5. The second kappa shape index (κ2) is 7.77. The van der Waals surface area contributed by atoms with Crippen LogP contribution in [0.2, 0.25) is 0 Å². The predicted molar refractivity (Wildman–Crippen MR) is 103 cm³/mol. The zero-order valence-electron chi connectivity index (χ0n) is 14.7. The maximum Gasteiger partial charge on any atom is 0.261 e. The van der Waals surface area contributed by atoms with Gasteiger partial charge in [0.1, 0.15) is 11.6 Å². The van der Waals surface area contributed by atoms with Crippen LogP contribution in [-0.2, 0) is 10.0 Å². The Bertz CT molecular complexity index is 1130. The molecule has 5 nitrogen and oxygen atoms in total. The molecule has 28 heavy (non-hydrogen) atoms. The molecule has 1 amide bonds. The lowest BCUT2D eigenvalue weighted by Gasteiger charge is -2.10. The van der Waals surface area contributed by atoms with Gasteiger partial charge in [-0.1, -0.05) is 18.2 Å². The number of carbonyl (C=O) groups is 1. The van der Waals surface area contributed by atoms with Gasteiger partial charge < -0.3 is 5.32 Å². The molecule has 0 unspecified atom stereocenters. The number of rotatable bonds is 5. The van der Waals surface area contributed by atoms with Crippen LogP contribution in [0.3, 0.4) is 0 Å². The maximum atomic E-state index is 13.7. The SMILES string of the molecule is Cc1ccc(NC(=O)c2ccc(S(=O)(=O)Nc3ccccc3F)cc2)cc1F. The molecule has 0 saturated carbocycles. The van der Waals surface area contributed by atoms with Crippen molar-refractivity contribution in [2.45, 2.75) is 11.8 Å². The minimum atomic E-state index is -4.02. The number of hydrogen-bond donors (Lipinski definition) is 2. The van der Waals surface area contributed by atoms with E-state index in [1.807, 2.05) is 0 Å². The Morgan fingerprint density at radius 3 is 2.21 bits per heavy atom. The van der Waals surface area contributed by atoms with Gasteiger partial charge in [-0.2, -0.15) is 0 Å². The Kier molecular flexibility index (Phi) is 5.41. The van der Waals surface area contributed by atoms with Gasteiger partial charge >= 0.3 is 0 Å². The lowest BCUT2D eigenvalue weighted by molar-refractivity contribution is 0.102. The van der Waals surface area contributed by atoms with Gasteiger partial charge in [-0.25, -0.2) is 17.2 Å². The van der Waals surface area contributed by atoms with Crippen LogP contribution in [0.1, 0.15) is 15.9 Å². The lowest BCUT2D eigenvalue weighted by Crippen LogP contribution is -2.15. The van der Waals surface area contributed by atoms with E-state index in [0.29, 0.717) is 5.56 Å². The molecule has 0 aromatic heterocycles. The highest BCUT2D eigenvalue weighted by Gasteiger charge is 2.17. The molecule has 0 atom stereocenters. The molecule has 0 aliphatic carbocycles. The third-order valence-electron chi connectivity index (χ3n) is 3.97. The standard InChI is InChI=1S/C20H16F2N2O3S/c1-13-6-9-15(12-18(13)22)23-20(25)14-7-10-16(11-8-14)28(26,27)24-19-5-3-2-4-17(19)21/h2-12,24H,1H3,(H,23,25). The first-order valence-electron chi connectivity index (χ1n) is 8.21. The summed E-state index contributed by atoms with van der Waals surface area (Å²) in [4.78, 5) is 12.1. The molecule has 0 saturated heterocycles. The molecule has 0 radical (unpaired) electrons. The van der Waals surface area contributed by atoms with Crippen LogP contribution in [0.15, 0.2) is 71.6 Å². The number of benzene rings is 3. The van der Waals surface area contributed by atoms with Crippen molar-refractivity contribution in [3.8, 4) is 0 Å². The van der Waals surface area contributed by atoms with Gasteiger partial charge in [0, 0.05) is 11.3 Å². The van der Waals surface area contributed by atoms with E-state index in [-0.39, 0.29) is 21.8 Å². The summed E-state index contributed by atoms with van der Waals surface area (Å²) in [6.07, 6.45) is 0. The Hall–Kier alpha value is -3.26. The number of anilines is 2. The van der Waals surface area contributed by atoms with E-state index in [2.05, 4.69) is 10.0 Å². The number of hydrogen-bond acceptors (Lipinski definition) is 3. The van der Waals surface area contributed by atoms with Gasteiger partial charge in [0.05, 0.1) is 10.6 Å². The smallest absolute Gasteiger partial charge is 0.261 e. The number of halogens is 2. The molecule has 2 N–H and O–H groups in total. The van der Waals surface area contributed by atoms with Crippen molar-refractivity contribution < 1.29 is 22.0 Å². The van der Waals surface area contributed by atoms with Crippen molar-refractivity contribution in [2.75, 3.05) is 10.0 Å². The summed E-state index contributed by atoms with van der Waals surface area (Å²) in [5.41, 5.74) is 0.748. The molecule has 0 heterocycles. The molecule has 3 aromatic rings. The van der Waals surface area contributed by atoms with Gasteiger partial charge in [-0.3, -0.25) is 9.52 Å². The van der Waals surface area contributed by atoms with Crippen LogP contribution < -0.4 is 10.0 Å². The molecule has 8 heteroatoms. The van der Waals surface area contributed by atoms with E-state index < -0.39 is 27.6 Å². The van der Waals surface area contributed by atoms with Crippen LogP contribution in [-0.4, -0.2) is 14.3 Å². The summed E-state index contributed by atoms with van der Waals surface area (Å²) in [5.74, 6) is -1.67. The van der Waals surface area contributed by atoms with Crippen molar-refractivity contribution in [3.05, 3.63) is 89.5 Å². The fourth-order valence-corrected chi connectivity index (χ4v) is 3.47. The highest BCUT2D eigenvalue weighted by Crippen LogP contribution is 2.20. The minimum absolute atomic E-state index is 0.131. The fraction of sp³-hybridized carbons (Fsp3) is 0.0500. The number of carbonyl (C=O) groups excluding carboxylic acids is 1. The second-order valence-electron chi connectivity index (χ2n) is 6.03. The van der Waals surface area contributed by atoms with Gasteiger partial charge in [0.15, 0.2) is 0 Å². The van der Waals surface area contributed by atoms with E-state index in [4.69, 9.17) is 0 Å². The zero-order valence-corrected chi connectivity index (χ0v) is 15.6. The van der Waals surface area contributed by atoms with E-state index in [9.17, 15) is 22.0 Å². The fourth-order valence-electron chi connectivity index (χ4n) is 2.41. The van der Waals surface area contributed by atoms with Gasteiger partial charge in [-0.15, -0.1) is 0 Å². The molecule has 144 valence electrons. The second-order valence-corrected chi connectivity index (χ2v) is 7.71. The third-order valence-corrected chi connectivity index (χ3v) is 5.36. The topological polar surface area (TPSA) is 75.3 Å². The minimum Gasteiger partial charge on any atom is -0.322 e. The number of nitrogens with one attached hydrogen (secondary N) is 2. The third kappa shape index (κ3) is 4.34. The number of aryl methyl sites for hydroxylation is 1. The van der Waals surface area contributed by atoms with E-state index >= 15 is 0 Å². The Balaban J connectivity index is 1.76. The zero-order chi connectivity index (χ0) is 20.3. The van der Waals surface area contributed by atoms with Crippen molar-refractivity contribution >= 4 is 27.3 Å². The molecular weight excluding hydrogens is 386 g/mol. The van der Waals surface area contributed by atoms with Crippen LogP contribution in [0.5, 0.6) is 0 Å². The first-order chi connectivity index (χ1) is 13.3. The summed E-state index contributed by atoms with van der Waals surface area (Å²) >= 11 is 0. The quantitative estimate of drug-likeness (QED) is 0.667. The number of para-hydroxylation sites is 1. The van der Waals surface area contributed by atoms with Crippen LogP contribution >= 0.6 is 0 Å². The van der Waals surface area contributed by atoms with E-state index in [0.717, 1.165) is 6.07 Å². The molecule has 0 aliphatic heterocycles. The molecule has 0 fully saturated rings. The predicted octanol–water partition coefficient (Wildman–Crippen LogP) is 4.33. The largest absolute Gasteiger partial charge is 0.322 e.